The molecule has 190 valence electrons. The number of amides is 1. The van der Waals surface area contributed by atoms with Crippen molar-refractivity contribution in [1.29, 1.82) is 5.26 Å². The number of ether oxygens (including phenoxy) is 1. The molecule has 2 atom stereocenters. The number of piperazine rings is 1. The van der Waals surface area contributed by atoms with Crippen LogP contribution in [0, 0.1) is 11.3 Å². The first-order chi connectivity index (χ1) is 17.8. The Morgan fingerprint density at radius 1 is 1.03 bits per heavy atom. The maximum atomic E-state index is 12.9. The molecule has 0 aliphatic carbocycles. The van der Waals surface area contributed by atoms with Gasteiger partial charge in [0.25, 0.3) is 0 Å². The summed E-state index contributed by atoms with van der Waals surface area (Å²) in [4.78, 5) is 24.4. The van der Waals surface area contributed by atoms with E-state index >= 15 is 0 Å². The zero-order valence-electron chi connectivity index (χ0n) is 21.8. The van der Waals surface area contributed by atoms with Gasteiger partial charge >= 0.3 is 6.09 Å². The minimum Gasteiger partial charge on any atom is -0.444 e. The molecule has 2 unspecified atom stereocenters. The Morgan fingerprint density at radius 2 is 1.76 bits per heavy atom. The van der Waals surface area contributed by atoms with Crippen LogP contribution in [0.4, 0.5) is 16.3 Å². The number of benzene rings is 2. The van der Waals surface area contributed by atoms with Gasteiger partial charge < -0.3 is 14.5 Å². The molecular formula is C30H33N5O2. The van der Waals surface area contributed by atoms with Crippen molar-refractivity contribution >= 4 is 28.4 Å². The number of nitriles is 1. The molecule has 6 rings (SSSR count). The van der Waals surface area contributed by atoms with E-state index in [0.717, 1.165) is 50.3 Å². The fraction of sp³-hybridized carbons (Fsp3) is 0.433. The van der Waals surface area contributed by atoms with Gasteiger partial charge in [0, 0.05) is 49.0 Å². The van der Waals surface area contributed by atoms with E-state index < -0.39 is 5.60 Å². The van der Waals surface area contributed by atoms with Crippen LogP contribution in [0.5, 0.6) is 0 Å². The van der Waals surface area contributed by atoms with Gasteiger partial charge in [-0.25, -0.2) is 9.78 Å². The molecule has 0 spiro atoms. The van der Waals surface area contributed by atoms with E-state index in [2.05, 4.69) is 58.3 Å². The maximum Gasteiger partial charge on any atom is 0.410 e. The third-order valence-electron chi connectivity index (χ3n) is 7.87. The zero-order chi connectivity index (χ0) is 25.7. The third-order valence-corrected chi connectivity index (χ3v) is 7.87. The molecule has 2 bridgehead atoms. The highest BCUT2D eigenvalue weighted by atomic mass is 16.6. The van der Waals surface area contributed by atoms with Crippen molar-refractivity contribution in [3.8, 4) is 6.07 Å². The molecule has 1 aromatic heterocycles. The number of anilines is 2. The minimum atomic E-state index is -0.503. The Kier molecular flexibility index (Phi) is 5.71. The van der Waals surface area contributed by atoms with E-state index in [0.29, 0.717) is 12.1 Å². The lowest BCUT2D eigenvalue weighted by Gasteiger charge is -2.43. The topological polar surface area (TPSA) is 72.7 Å². The van der Waals surface area contributed by atoms with Crippen molar-refractivity contribution in [2.24, 2.45) is 0 Å². The van der Waals surface area contributed by atoms with Crippen molar-refractivity contribution in [3.63, 3.8) is 0 Å². The summed E-state index contributed by atoms with van der Waals surface area (Å²) < 4.78 is 5.72. The number of nitrogens with zero attached hydrogens (tertiary/aromatic N) is 5. The van der Waals surface area contributed by atoms with E-state index in [-0.39, 0.29) is 18.2 Å². The van der Waals surface area contributed by atoms with Crippen molar-refractivity contribution in [1.82, 2.24) is 9.88 Å². The number of carbonyl (C=O) groups excluding carboxylic acids is 1. The summed E-state index contributed by atoms with van der Waals surface area (Å²) in [6.07, 6.45) is 4.32. The van der Waals surface area contributed by atoms with Gasteiger partial charge in [-0.2, -0.15) is 5.26 Å². The average molecular weight is 496 g/mol. The Hall–Kier alpha value is -3.79. The monoisotopic (exact) mass is 495 g/mol. The van der Waals surface area contributed by atoms with E-state index in [9.17, 15) is 10.1 Å². The maximum absolute atomic E-state index is 12.9. The lowest BCUT2D eigenvalue weighted by Crippen LogP contribution is -2.57. The van der Waals surface area contributed by atoms with Crippen molar-refractivity contribution in [2.75, 3.05) is 29.4 Å². The van der Waals surface area contributed by atoms with Crippen LogP contribution in [-0.2, 0) is 17.7 Å². The van der Waals surface area contributed by atoms with Crippen molar-refractivity contribution < 1.29 is 9.53 Å². The fourth-order valence-corrected chi connectivity index (χ4v) is 6.29. The number of rotatable bonds is 2. The van der Waals surface area contributed by atoms with E-state index in [1.165, 1.54) is 22.0 Å². The van der Waals surface area contributed by atoms with Crippen molar-refractivity contribution in [2.45, 2.75) is 64.3 Å². The molecule has 0 N–H and O–H groups in total. The van der Waals surface area contributed by atoms with Crippen LogP contribution < -0.4 is 9.80 Å². The highest BCUT2D eigenvalue weighted by Crippen LogP contribution is 2.38. The molecule has 4 heterocycles. The summed E-state index contributed by atoms with van der Waals surface area (Å²) in [5.74, 6) is 0.979. The first kappa shape index (κ1) is 23.6. The number of pyridine rings is 1. The molecule has 2 aromatic carbocycles. The standard InChI is InChI=1S/C30H33N5O2/c1-30(2,3)37-29(36)35-22-11-12-23(35)18-34(17-22)28-25-13-14-33(19-26(25)21(15-31)16-32-28)27-10-6-8-20-7-4-5-9-24(20)27/h4-10,16,22-23H,11-14,17-19H2,1-3H3. The normalized spacial score (nSPS) is 21.1. The van der Waals surface area contributed by atoms with Gasteiger partial charge in [0.15, 0.2) is 0 Å². The van der Waals surface area contributed by atoms with Crippen LogP contribution in [0.3, 0.4) is 0 Å². The molecule has 1 amide bonds. The van der Waals surface area contributed by atoms with Gasteiger partial charge in [0.1, 0.15) is 17.5 Å². The Balaban J connectivity index is 1.29. The smallest absolute Gasteiger partial charge is 0.410 e. The van der Waals surface area contributed by atoms with Gasteiger partial charge in [0.05, 0.1) is 17.6 Å². The Bertz CT molecular complexity index is 1390. The fourth-order valence-electron chi connectivity index (χ4n) is 6.29. The second-order valence-electron chi connectivity index (χ2n) is 11.4. The number of fused-ring (bicyclic) bond motifs is 4. The molecule has 3 aromatic rings. The third kappa shape index (κ3) is 4.25. The van der Waals surface area contributed by atoms with E-state index in [1.54, 1.807) is 6.20 Å². The lowest BCUT2D eigenvalue weighted by molar-refractivity contribution is 0.0122. The van der Waals surface area contributed by atoms with Crippen LogP contribution in [-0.4, -0.2) is 53.3 Å². The first-order valence-corrected chi connectivity index (χ1v) is 13.2. The second-order valence-corrected chi connectivity index (χ2v) is 11.4. The van der Waals surface area contributed by atoms with E-state index in [1.807, 2.05) is 25.7 Å². The van der Waals surface area contributed by atoms with Crippen LogP contribution in [0.1, 0.15) is 50.3 Å². The summed E-state index contributed by atoms with van der Waals surface area (Å²) in [5, 5.41) is 12.4. The molecular weight excluding hydrogens is 462 g/mol. The first-order valence-electron chi connectivity index (χ1n) is 13.2. The molecule has 2 saturated heterocycles. The number of carbonyl (C=O) groups is 1. The molecule has 3 aliphatic heterocycles. The summed E-state index contributed by atoms with van der Waals surface area (Å²) in [5.41, 5.74) is 3.61. The van der Waals surface area contributed by atoms with Crippen LogP contribution in [0.2, 0.25) is 0 Å². The molecule has 7 nitrogen and oxygen atoms in total. The van der Waals surface area contributed by atoms with Gasteiger partial charge in [-0.15, -0.1) is 0 Å². The molecule has 7 heteroatoms. The molecule has 2 fully saturated rings. The highest BCUT2D eigenvalue weighted by molar-refractivity contribution is 5.94. The highest BCUT2D eigenvalue weighted by Gasteiger charge is 2.45. The summed E-state index contributed by atoms with van der Waals surface area (Å²) in [6.45, 7) is 8.79. The van der Waals surface area contributed by atoms with Gasteiger partial charge in [0.2, 0.25) is 0 Å². The molecule has 37 heavy (non-hydrogen) atoms. The predicted molar refractivity (Wildman–Crippen MR) is 145 cm³/mol. The van der Waals surface area contributed by atoms with Gasteiger partial charge in [-0.1, -0.05) is 36.4 Å². The zero-order valence-corrected chi connectivity index (χ0v) is 21.8. The number of hydrogen-bond donors (Lipinski definition) is 0. The van der Waals surface area contributed by atoms with E-state index in [4.69, 9.17) is 9.72 Å². The minimum absolute atomic E-state index is 0.123. The summed E-state index contributed by atoms with van der Waals surface area (Å²) >= 11 is 0. The largest absolute Gasteiger partial charge is 0.444 e. The Morgan fingerprint density at radius 3 is 2.49 bits per heavy atom. The van der Waals surface area contributed by atoms with Gasteiger partial charge in [-0.3, -0.25) is 4.90 Å². The number of hydrogen-bond acceptors (Lipinski definition) is 6. The van der Waals surface area contributed by atoms with Gasteiger partial charge in [-0.05, 0) is 57.0 Å². The summed E-state index contributed by atoms with van der Waals surface area (Å²) in [7, 11) is 0. The van der Waals surface area contributed by atoms with Crippen molar-refractivity contribution in [3.05, 3.63) is 65.4 Å². The Labute approximate surface area is 218 Å². The SMILES string of the molecule is CC(C)(C)OC(=O)N1C2CCC1CN(c1ncc(C#N)c3c1CCN(c1cccc4ccccc14)C3)C2. The van der Waals surface area contributed by atoms with Crippen LogP contribution >= 0.6 is 0 Å². The predicted octanol–water partition coefficient (Wildman–Crippen LogP) is 5.26. The average Bonchev–Trinajstić information content (AvgIpc) is 3.16. The quantitative estimate of drug-likeness (QED) is 0.483. The second kappa shape index (κ2) is 8.95. The molecule has 3 aliphatic rings. The summed E-state index contributed by atoms with van der Waals surface area (Å²) in [6, 6.07) is 17.5. The number of aromatic nitrogens is 1. The van der Waals surface area contributed by atoms with Crippen LogP contribution in [0.15, 0.2) is 48.7 Å². The lowest BCUT2D eigenvalue weighted by atomic mass is 9.95. The molecule has 0 saturated carbocycles. The molecule has 0 radical (unpaired) electrons. The van der Waals surface area contributed by atoms with Crippen LogP contribution in [0.25, 0.3) is 10.8 Å².